The van der Waals surface area contributed by atoms with Gasteiger partial charge in [0.05, 0.1) is 0 Å². The van der Waals surface area contributed by atoms with Gasteiger partial charge in [-0.1, -0.05) is 18.6 Å². The molecule has 1 amide bonds. The lowest BCUT2D eigenvalue weighted by atomic mass is 9.96. The van der Waals surface area contributed by atoms with Crippen molar-refractivity contribution in [2.24, 2.45) is 0 Å². The lowest BCUT2D eigenvalue weighted by Gasteiger charge is -2.13. The van der Waals surface area contributed by atoms with E-state index >= 15 is 0 Å². The second-order valence-electron chi connectivity index (χ2n) is 6.99. The molecule has 1 heterocycles. The fourth-order valence-corrected chi connectivity index (χ4v) is 3.27. The highest BCUT2D eigenvalue weighted by Gasteiger charge is 2.17. The smallest absolute Gasteiger partial charge is 0.255 e. The van der Waals surface area contributed by atoms with Gasteiger partial charge in [0.2, 0.25) is 5.88 Å². The molecule has 0 unspecified atom stereocenters. The number of carbonyl (C=O) groups is 1. The minimum atomic E-state index is -0.0609. The van der Waals surface area contributed by atoms with Crippen molar-refractivity contribution >= 4 is 11.6 Å². The molecule has 0 saturated carbocycles. The Morgan fingerprint density at radius 2 is 2.04 bits per heavy atom. The summed E-state index contributed by atoms with van der Waals surface area (Å²) in [6, 6.07) is 9.63. The highest BCUT2D eigenvalue weighted by molar-refractivity contribution is 6.05. The molecule has 1 aliphatic rings. The van der Waals surface area contributed by atoms with Crippen LogP contribution in [0.3, 0.4) is 0 Å². The van der Waals surface area contributed by atoms with Crippen LogP contribution in [0.25, 0.3) is 0 Å². The molecule has 5 nitrogen and oxygen atoms in total. The number of ether oxygens (including phenoxy) is 1. The largest absolute Gasteiger partial charge is 0.476 e. The zero-order chi connectivity index (χ0) is 18.4. The van der Waals surface area contributed by atoms with Gasteiger partial charge in [-0.2, -0.15) is 0 Å². The Kier molecular flexibility index (Phi) is 6.23. The Labute approximate surface area is 155 Å². The minimum absolute atomic E-state index is 0.0609. The van der Waals surface area contributed by atoms with Crippen molar-refractivity contribution in [1.82, 2.24) is 9.88 Å². The number of carbonyl (C=O) groups excluding carboxylic acids is 1. The molecule has 0 saturated heterocycles. The van der Waals surface area contributed by atoms with Gasteiger partial charge in [-0.05, 0) is 63.0 Å². The van der Waals surface area contributed by atoms with E-state index in [2.05, 4.69) is 16.4 Å². The van der Waals surface area contributed by atoms with Crippen molar-refractivity contribution in [2.45, 2.75) is 32.1 Å². The van der Waals surface area contributed by atoms with Crippen LogP contribution in [-0.4, -0.2) is 43.0 Å². The number of likely N-dealkylation sites (N-methyl/N-ethyl adjacent to an activating group) is 1. The zero-order valence-corrected chi connectivity index (χ0v) is 15.6. The first-order chi connectivity index (χ1) is 12.6. The van der Waals surface area contributed by atoms with Crippen LogP contribution in [0.4, 0.5) is 5.69 Å². The number of hydrogen-bond acceptors (Lipinski definition) is 4. The number of nitrogens with one attached hydrogen (secondary N) is 1. The summed E-state index contributed by atoms with van der Waals surface area (Å²) in [6.45, 7) is 1.37. The summed E-state index contributed by atoms with van der Waals surface area (Å²) in [6.07, 6.45) is 7.29. The first-order valence-corrected chi connectivity index (χ1v) is 9.29. The van der Waals surface area contributed by atoms with Gasteiger partial charge in [0.1, 0.15) is 6.61 Å². The fraction of sp³-hybridized carbons (Fsp3) is 0.429. The van der Waals surface area contributed by atoms with Crippen LogP contribution in [0.1, 0.15) is 40.7 Å². The van der Waals surface area contributed by atoms with Crippen LogP contribution >= 0.6 is 0 Å². The number of benzene rings is 1. The zero-order valence-electron chi connectivity index (χ0n) is 15.6. The Hall–Kier alpha value is -2.40. The molecule has 26 heavy (non-hydrogen) atoms. The molecule has 3 rings (SSSR count). The van der Waals surface area contributed by atoms with E-state index in [1.807, 2.05) is 31.1 Å². The van der Waals surface area contributed by atoms with E-state index in [-0.39, 0.29) is 5.91 Å². The third-order valence-electron chi connectivity index (χ3n) is 4.67. The predicted octanol–water partition coefficient (Wildman–Crippen LogP) is 3.54. The maximum absolute atomic E-state index is 12.8. The van der Waals surface area contributed by atoms with Gasteiger partial charge in [0, 0.05) is 30.1 Å². The van der Waals surface area contributed by atoms with Gasteiger partial charge < -0.3 is 15.0 Å². The summed E-state index contributed by atoms with van der Waals surface area (Å²) in [5.41, 5.74) is 4.02. The van der Waals surface area contributed by atoms with Crippen molar-refractivity contribution in [1.29, 1.82) is 0 Å². The van der Waals surface area contributed by atoms with Crippen molar-refractivity contribution in [2.75, 3.05) is 32.6 Å². The number of pyridine rings is 1. The summed E-state index contributed by atoms with van der Waals surface area (Å²) < 4.78 is 5.65. The monoisotopic (exact) mass is 353 g/mol. The lowest BCUT2D eigenvalue weighted by molar-refractivity contribution is 0.102. The standard InChI is InChI=1S/C21H27N3O2/c1-24(2)13-14-26-20-15-17(11-12-22-20)23-21(25)19-10-6-8-16-7-4-3-5-9-18(16)19/h6,8,10-12,15H,3-5,7,9,13-14H2,1-2H3,(H,22,23,25). The molecule has 0 fully saturated rings. The SMILES string of the molecule is CN(C)CCOc1cc(NC(=O)c2cccc3c2CCCCC3)ccn1. The van der Waals surface area contributed by atoms with E-state index in [4.69, 9.17) is 4.74 Å². The number of aromatic nitrogens is 1. The van der Waals surface area contributed by atoms with E-state index in [1.54, 1.807) is 18.3 Å². The molecule has 0 radical (unpaired) electrons. The van der Waals surface area contributed by atoms with E-state index < -0.39 is 0 Å². The average molecular weight is 353 g/mol. The van der Waals surface area contributed by atoms with Gasteiger partial charge in [-0.25, -0.2) is 4.98 Å². The van der Waals surface area contributed by atoms with Gasteiger partial charge >= 0.3 is 0 Å². The van der Waals surface area contributed by atoms with E-state index in [9.17, 15) is 4.79 Å². The number of amides is 1. The minimum Gasteiger partial charge on any atom is -0.476 e. The molecule has 0 aliphatic heterocycles. The molecule has 1 aliphatic carbocycles. The number of fused-ring (bicyclic) bond motifs is 1. The maximum Gasteiger partial charge on any atom is 0.255 e. The van der Waals surface area contributed by atoms with Gasteiger partial charge in [0.25, 0.3) is 5.91 Å². The fourth-order valence-electron chi connectivity index (χ4n) is 3.27. The second kappa shape index (κ2) is 8.81. The molecular formula is C21H27N3O2. The maximum atomic E-state index is 12.8. The van der Waals surface area contributed by atoms with E-state index in [1.165, 1.54) is 24.0 Å². The normalized spacial score (nSPS) is 13.8. The van der Waals surface area contributed by atoms with Crippen LogP contribution in [0.5, 0.6) is 5.88 Å². The van der Waals surface area contributed by atoms with Crippen LogP contribution in [0.2, 0.25) is 0 Å². The van der Waals surface area contributed by atoms with E-state index in [0.717, 1.165) is 31.4 Å². The summed E-state index contributed by atoms with van der Waals surface area (Å²) >= 11 is 0. The Morgan fingerprint density at radius 1 is 1.19 bits per heavy atom. The molecule has 1 N–H and O–H groups in total. The Bertz CT molecular complexity index is 759. The van der Waals surface area contributed by atoms with E-state index in [0.29, 0.717) is 18.2 Å². The summed E-state index contributed by atoms with van der Waals surface area (Å²) in [7, 11) is 3.99. The molecule has 0 bridgehead atoms. The molecule has 0 atom stereocenters. The highest BCUT2D eigenvalue weighted by Crippen LogP contribution is 2.25. The number of rotatable bonds is 6. The average Bonchev–Trinajstić information content (AvgIpc) is 2.87. The number of hydrogen-bond donors (Lipinski definition) is 1. The van der Waals surface area contributed by atoms with Gasteiger partial charge in [-0.15, -0.1) is 0 Å². The first-order valence-electron chi connectivity index (χ1n) is 9.29. The molecule has 1 aromatic heterocycles. The van der Waals surface area contributed by atoms with Crippen molar-refractivity contribution in [3.63, 3.8) is 0 Å². The summed E-state index contributed by atoms with van der Waals surface area (Å²) in [5, 5.41) is 3.00. The highest BCUT2D eigenvalue weighted by atomic mass is 16.5. The van der Waals surface area contributed by atoms with Crippen LogP contribution < -0.4 is 10.1 Å². The quantitative estimate of drug-likeness (QED) is 0.807. The van der Waals surface area contributed by atoms with Crippen molar-refractivity contribution < 1.29 is 9.53 Å². The van der Waals surface area contributed by atoms with Gasteiger partial charge in [0.15, 0.2) is 0 Å². The molecule has 0 spiro atoms. The molecule has 2 aromatic rings. The molecule has 1 aromatic carbocycles. The summed E-state index contributed by atoms with van der Waals surface area (Å²) in [4.78, 5) is 19.1. The molecular weight excluding hydrogens is 326 g/mol. The third-order valence-corrected chi connectivity index (χ3v) is 4.67. The lowest BCUT2D eigenvalue weighted by Crippen LogP contribution is -2.19. The topological polar surface area (TPSA) is 54.5 Å². The van der Waals surface area contributed by atoms with Crippen molar-refractivity contribution in [3.05, 3.63) is 53.2 Å². The molecule has 138 valence electrons. The Balaban J connectivity index is 1.70. The molecule has 5 heteroatoms. The number of nitrogens with zero attached hydrogens (tertiary/aromatic N) is 2. The van der Waals surface area contributed by atoms with Crippen LogP contribution in [-0.2, 0) is 12.8 Å². The second-order valence-corrected chi connectivity index (χ2v) is 6.99. The van der Waals surface area contributed by atoms with Crippen LogP contribution in [0.15, 0.2) is 36.5 Å². The van der Waals surface area contributed by atoms with Crippen LogP contribution in [0, 0.1) is 0 Å². The van der Waals surface area contributed by atoms with Crippen molar-refractivity contribution in [3.8, 4) is 5.88 Å². The Morgan fingerprint density at radius 3 is 2.88 bits per heavy atom. The number of anilines is 1. The number of aryl methyl sites for hydroxylation is 1. The summed E-state index contributed by atoms with van der Waals surface area (Å²) in [5.74, 6) is 0.464. The van der Waals surface area contributed by atoms with Gasteiger partial charge in [-0.3, -0.25) is 4.79 Å². The predicted molar refractivity (Wildman–Crippen MR) is 104 cm³/mol. The first kappa shape index (κ1) is 18.4. The third kappa shape index (κ3) is 4.82.